The molecule has 2 rings (SSSR count). The van der Waals surface area contributed by atoms with Crippen molar-refractivity contribution in [2.75, 3.05) is 11.1 Å². The van der Waals surface area contributed by atoms with Gasteiger partial charge in [-0.3, -0.25) is 0 Å². The standard InChI is InChI=1S/C8H11N3/c9-6-3-4-10-8(5-6)11-7-1-2-7/h3-5,7H,1-2H2,(H3,9,10,11). The third-order valence-electron chi connectivity index (χ3n) is 1.71. The van der Waals surface area contributed by atoms with Gasteiger partial charge in [-0.05, 0) is 18.9 Å². The number of nitrogens with one attached hydrogen (secondary N) is 1. The van der Waals surface area contributed by atoms with E-state index in [1.807, 2.05) is 6.07 Å². The Kier molecular flexibility index (Phi) is 1.42. The van der Waals surface area contributed by atoms with Gasteiger partial charge < -0.3 is 11.1 Å². The van der Waals surface area contributed by atoms with Crippen molar-refractivity contribution < 1.29 is 0 Å². The van der Waals surface area contributed by atoms with Gasteiger partial charge in [-0.25, -0.2) is 4.98 Å². The normalized spacial score (nSPS) is 16.4. The summed E-state index contributed by atoms with van der Waals surface area (Å²) in [6.07, 6.45) is 4.24. The summed E-state index contributed by atoms with van der Waals surface area (Å²) in [6, 6.07) is 4.29. The molecule has 0 atom stereocenters. The topological polar surface area (TPSA) is 50.9 Å². The van der Waals surface area contributed by atoms with Crippen molar-refractivity contribution in [3.05, 3.63) is 18.3 Å². The second-order valence-electron chi connectivity index (χ2n) is 2.89. The number of hydrogen-bond donors (Lipinski definition) is 2. The number of anilines is 2. The summed E-state index contributed by atoms with van der Waals surface area (Å²) >= 11 is 0. The van der Waals surface area contributed by atoms with Crippen LogP contribution < -0.4 is 11.1 Å². The van der Waals surface area contributed by atoms with Gasteiger partial charge in [0.2, 0.25) is 0 Å². The molecule has 3 N–H and O–H groups in total. The van der Waals surface area contributed by atoms with Crippen LogP contribution in [-0.4, -0.2) is 11.0 Å². The molecule has 58 valence electrons. The Hall–Kier alpha value is -1.25. The first-order valence-corrected chi connectivity index (χ1v) is 3.83. The van der Waals surface area contributed by atoms with Crippen LogP contribution in [0.4, 0.5) is 11.5 Å². The third kappa shape index (κ3) is 1.61. The first kappa shape index (κ1) is 6.46. The van der Waals surface area contributed by atoms with Crippen molar-refractivity contribution in [3.63, 3.8) is 0 Å². The molecule has 0 spiro atoms. The minimum atomic E-state index is 0.643. The molecule has 3 nitrogen and oxygen atoms in total. The zero-order valence-electron chi connectivity index (χ0n) is 6.25. The van der Waals surface area contributed by atoms with E-state index in [1.54, 1.807) is 12.3 Å². The molecular formula is C8H11N3. The Morgan fingerprint density at radius 3 is 3.00 bits per heavy atom. The van der Waals surface area contributed by atoms with Crippen molar-refractivity contribution in [1.29, 1.82) is 0 Å². The third-order valence-corrected chi connectivity index (χ3v) is 1.71. The molecular weight excluding hydrogens is 138 g/mol. The summed E-state index contributed by atoms with van der Waals surface area (Å²) in [7, 11) is 0. The zero-order valence-corrected chi connectivity index (χ0v) is 6.25. The fraction of sp³-hybridized carbons (Fsp3) is 0.375. The van der Waals surface area contributed by atoms with Gasteiger partial charge >= 0.3 is 0 Å². The van der Waals surface area contributed by atoms with Crippen LogP contribution >= 0.6 is 0 Å². The van der Waals surface area contributed by atoms with Gasteiger partial charge in [-0.2, -0.15) is 0 Å². The average molecular weight is 149 g/mol. The number of aromatic nitrogens is 1. The van der Waals surface area contributed by atoms with Gasteiger partial charge in [0.05, 0.1) is 0 Å². The number of pyridine rings is 1. The Morgan fingerprint density at radius 2 is 2.36 bits per heavy atom. The molecule has 0 amide bonds. The molecule has 3 heteroatoms. The van der Waals surface area contributed by atoms with E-state index in [2.05, 4.69) is 10.3 Å². The van der Waals surface area contributed by atoms with Gasteiger partial charge in [0, 0.05) is 24.0 Å². The Morgan fingerprint density at radius 1 is 1.55 bits per heavy atom. The van der Waals surface area contributed by atoms with E-state index < -0.39 is 0 Å². The van der Waals surface area contributed by atoms with E-state index in [0.29, 0.717) is 6.04 Å². The van der Waals surface area contributed by atoms with E-state index in [0.717, 1.165) is 11.5 Å². The molecule has 11 heavy (non-hydrogen) atoms. The fourth-order valence-electron chi connectivity index (χ4n) is 0.963. The van der Waals surface area contributed by atoms with E-state index in [4.69, 9.17) is 5.73 Å². The second kappa shape index (κ2) is 2.42. The first-order chi connectivity index (χ1) is 5.34. The van der Waals surface area contributed by atoms with Gasteiger partial charge in [-0.1, -0.05) is 0 Å². The van der Waals surface area contributed by atoms with Gasteiger partial charge in [-0.15, -0.1) is 0 Å². The maximum atomic E-state index is 5.57. The Labute approximate surface area is 65.6 Å². The molecule has 0 unspecified atom stereocenters. The predicted molar refractivity (Wildman–Crippen MR) is 45.3 cm³/mol. The summed E-state index contributed by atoms with van der Waals surface area (Å²) in [6.45, 7) is 0. The lowest BCUT2D eigenvalue weighted by Gasteiger charge is -2.02. The summed E-state index contributed by atoms with van der Waals surface area (Å²) < 4.78 is 0. The highest BCUT2D eigenvalue weighted by Gasteiger charge is 2.20. The molecule has 0 bridgehead atoms. The van der Waals surface area contributed by atoms with Gasteiger partial charge in [0.15, 0.2) is 0 Å². The van der Waals surface area contributed by atoms with E-state index >= 15 is 0 Å². The van der Waals surface area contributed by atoms with Crippen LogP contribution in [0.25, 0.3) is 0 Å². The average Bonchev–Trinajstić information content (AvgIpc) is 2.71. The van der Waals surface area contributed by atoms with Crippen LogP contribution in [0.2, 0.25) is 0 Å². The largest absolute Gasteiger partial charge is 0.399 e. The number of rotatable bonds is 2. The van der Waals surface area contributed by atoms with Crippen LogP contribution in [0, 0.1) is 0 Å². The molecule has 0 radical (unpaired) electrons. The van der Waals surface area contributed by atoms with Gasteiger partial charge in [0.1, 0.15) is 5.82 Å². The van der Waals surface area contributed by atoms with Gasteiger partial charge in [0.25, 0.3) is 0 Å². The summed E-state index contributed by atoms with van der Waals surface area (Å²) in [4.78, 5) is 4.13. The summed E-state index contributed by atoms with van der Waals surface area (Å²) in [5.41, 5.74) is 6.34. The van der Waals surface area contributed by atoms with E-state index in [9.17, 15) is 0 Å². The molecule has 1 aliphatic rings. The van der Waals surface area contributed by atoms with E-state index in [1.165, 1.54) is 12.8 Å². The van der Waals surface area contributed by atoms with Crippen LogP contribution in [0.5, 0.6) is 0 Å². The number of nitrogens with two attached hydrogens (primary N) is 1. The Balaban J connectivity index is 2.10. The smallest absolute Gasteiger partial charge is 0.128 e. The van der Waals surface area contributed by atoms with Crippen molar-refractivity contribution in [1.82, 2.24) is 4.98 Å². The molecule has 1 aromatic rings. The molecule has 1 fully saturated rings. The van der Waals surface area contributed by atoms with Crippen LogP contribution in [0.3, 0.4) is 0 Å². The zero-order chi connectivity index (χ0) is 7.68. The molecule has 1 aliphatic carbocycles. The number of nitrogens with zero attached hydrogens (tertiary/aromatic N) is 1. The number of hydrogen-bond acceptors (Lipinski definition) is 3. The van der Waals surface area contributed by atoms with Crippen LogP contribution in [0.1, 0.15) is 12.8 Å². The quantitative estimate of drug-likeness (QED) is 0.665. The summed E-state index contributed by atoms with van der Waals surface area (Å²) in [5.74, 6) is 0.896. The highest BCUT2D eigenvalue weighted by atomic mass is 15.0. The Bertz CT molecular complexity index is 255. The lowest BCUT2D eigenvalue weighted by molar-refractivity contribution is 1.11. The predicted octanol–water partition coefficient (Wildman–Crippen LogP) is 1.24. The van der Waals surface area contributed by atoms with Crippen molar-refractivity contribution >= 4 is 11.5 Å². The molecule has 1 aromatic heterocycles. The second-order valence-corrected chi connectivity index (χ2v) is 2.89. The minimum Gasteiger partial charge on any atom is -0.399 e. The maximum Gasteiger partial charge on any atom is 0.128 e. The lowest BCUT2D eigenvalue weighted by Crippen LogP contribution is -2.02. The van der Waals surface area contributed by atoms with Crippen molar-refractivity contribution in [3.8, 4) is 0 Å². The highest BCUT2D eigenvalue weighted by Crippen LogP contribution is 2.23. The fourth-order valence-corrected chi connectivity index (χ4v) is 0.963. The highest BCUT2D eigenvalue weighted by molar-refractivity contribution is 5.49. The van der Waals surface area contributed by atoms with E-state index in [-0.39, 0.29) is 0 Å². The molecule has 0 aliphatic heterocycles. The molecule has 1 saturated carbocycles. The first-order valence-electron chi connectivity index (χ1n) is 3.83. The summed E-state index contributed by atoms with van der Waals surface area (Å²) in [5, 5.41) is 3.27. The minimum absolute atomic E-state index is 0.643. The molecule has 0 saturated heterocycles. The monoisotopic (exact) mass is 149 g/mol. The molecule has 0 aromatic carbocycles. The maximum absolute atomic E-state index is 5.57. The lowest BCUT2D eigenvalue weighted by atomic mass is 10.4. The van der Waals surface area contributed by atoms with Crippen LogP contribution in [0.15, 0.2) is 18.3 Å². The SMILES string of the molecule is Nc1ccnc(NC2CC2)c1. The molecule has 1 heterocycles. The van der Waals surface area contributed by atoms with Crippen molar-refractivity contribution in [2.24, 2.45) is 0 Å². The van der Waals surface area contributed by atoms with Crippen molar-refractivity contribution in [2.45, 2.75) is 18.9 Å². The number of nitrogen functional groups attached to an aromatic ring is 1. The van der Waals surface area contributed by atoms with Crippen LogP contribution in [-0.2, 0) is 0 Å².